The van der Waals surface area contributed by atoms with E-state index < -0.39 is 30.1 Å². The number of anilines is 1. The number of carbonyl (C=O) groups is 5. The predicted octanol–water partition coefficient (Wildman–Crippen LogP) is 5.87. The molecule has 0 bridgehead atoms. The maximum absolute atomic E-state index is 13.4. The lowest BCUT2D eigenvalue weighted by Crippen LogP contribution is -2.44. The maximum atomic E-state index is 13.4. The summed E-state index contributed by atoms with van der Waals surface area (Å²) in [7, 11) is 1.62. The van der Waals surface area contributed by atoms with Crippen LogP contribution in [0.4, 0.5) is 10.5 Å². The number of hydrogen-bond acceptors (Lipinski definition) is 7. The first-order chi connectivity index (χ1) is 21.4. The fourth-order valence-electron chi connectivity index (χ4n) is 4.39. The summed E-state index contributed by atoms with van der Waals surface area (Å²) in [6.45, 7) is 5.52. The van der Waals surface area contributed by atoms with E-state index in [9.17, 15) is 24.0 Å². The topological polar surface area (TPSA) is 131 Å². The van der Waals surface area contributed by atoms with Crippen molar-refractivity contribution in [2.45, 2.75) is 52.3 Å². The zero-order chi connectivity index (χ0) is 33.1. The standard InChI is InChI=1S/C33H35Cl2N3O7/c1-5-44-33(43)37-27-14-13-23(18-38(4)19-39)15-24(27)29(40)17-22-11-9-21(10-12-22)16-28(32(42)45-20(2)3)36-31(41)30-25(34)7-6-8-26(30)35/h6-15,19-20,28H,5,16-18H2,1-4H3,(H,36,41)(H,37,43)/t28-/m0/s1. The molecule has 0 aliphatic heterocycles. The van der Waals surface area contributed by atoms with Gasteiger partial charge in [0.2, 0.25) is 6.41 Å². The van der Waals surface area contributed by atoms with Crippen molar-refractivity contribution in [2.24, 2.45) is 0 Å². The summed E-state index contributed by atoms with van der Waals surface area (Å²) >= 11 is 12.4. The Morgan fingerprint density at radius 3 is 2.16 bits per heavy atom. The lowest BCUT2D eigenvalue weighted by atomic mass is 9.97. The monoisotopic (exact) mass is 655 g/mol. The van der Waals surface area contributed by atoms with Crippen LogP contribution in [0.1, 0.15) is 58.2 Å². The van der Waals surface area contributed by atoms with Crippen molar-refractivity contribution < 1.29 is 33.4 Å². The highest BCUT2D eigenvalue weighted by atomic mass is 35.5. The van der Waals surface area contributed by atoms with Crippen molar-refractivity contribution in [3.8, 4) is 0 Å². The fourth-order valence-corrected chi connectivity index (χ4v) is 4.96. The second-order valence-corrected chi connectivity index (χ2v) is 11.3. The molecule has 10 nitrogen and oxygen atoms in total. The van der Waals surface area contributed by atoms with E-state index in [-0.39, 0.29) is 58.6 Å². The van der Waals surface area contributed by atoms with Crippen LogP contribution in [-0.4, -0.2) is 60.9 Å². The Morgan fingerprint density at radius 2 is 1.56 bits per heavy atom. The van der Waals surface area contributed by atoms with E-state index in [2.05, 4.69) is 10.6 Å². The SMILES string of the molecule is CCOC(=O)Nc1ccc(CN(C)C=O)cc1C(=O)Cc1ccc(C[C@H](NC(=O)c2c(Cl)cccc2Cl)C(=O)OC(C)C)cc1. The number of hydrogen-bond donors (Lipinski definition) is 2. The molecule has 3 aromatic rings. The molecule has 0 saturated carbocycles. The molecule has 0 saturated heterocycles. The molecule has 3 aromatic carbocycles. The van der Waals surface area contributed by atoms with Gasteiger partial charge in [-0.2, -0.15) is 0 Å². The van der Waals surface area contributed by atoms with E-state index in [0.29, 0.717) is 23.1 Å². The number of nitrogens with zero attached hydrogens (tertiary/aromatic N) is 1. The predicted molar refractivity (Wildman–Crippen MR) is 172 cm³/mol. The fraction of sp³-hybridized carbons (Fsp3) is 0.303. The summed E-state index contributed by atoms with van der Waals surface area (Å²) in [5.41, 5.74) is 2.68. The van der Waals surface area contributed by atoms with E-state index >= 15 is 0 Å². The minimum Gasteiger partial charge on any atom is -0.461 e. The van der Waals surface area contributed by atoms with E-state index in [0.717, 1.165) is 0 Å². The third kappa shape index (κ3) is 10.3. The van der Waals surface area contributed by atoms with Crippen molar-refractivity contribution in [2.75, 3.05) is 19.0 Å². The Kier molecular flexibility index (Phi) is 12.9. The number of benzene rings is 3. The van der Waals surface area contributed by atoms with E-state index in [1.807, 2.05) is 0 Å². The maximum Gasteiger partial charge on any atom is 0.411 e. The summed E-state index contributed by atoms with van der Waals surface area (Å²) in [5, 5.41) is 5.58. The van der Waals surface area contributed by atoms with Gasteiger partial charge in [-0.25, -0.2) is 9.59 Å². The summed E-state index contributed by atoms with van der Waals surface area (Å²) in [5.74, 6) is -1.51. The molecule has 0 heterocycles. The Bertz CT molecular complexity index is 1520. The van der Waals surface area contributed by atoms with Gasteiger partial charge in [-0.3, -0.25) is 19.7 Å². The first kappa shape index (κ1) is 35.1. The third-order valence-corrected chi connectivity index (χ3v) is 7.10. The van der Waals surface area contributed by atoms with E-state index in [1.165, 1.54) is 17.0 Å². The molecule has 0 spiro atoms. The highest BCUT2D eigenvalue weighted by Gasteiger charge is 2.26. The number of ether oxygens (including phenoxy) is 2. The molecule has 1 atom stereocenters. The first-order valence-electron chi connectivity index (χ1n) is 14.2. The van der Waals surface area contributed by atoms with Crippen LogP contribution in [0.3, 0.4) is 0 Å². The number of esters is 1. The highest BCUT2D eigenvalue weighted by molar-refractivity contribution is 6.39. The Hall–Kier alpha value is -4.41. The van der Waals surface area contributed by atoms with Gasteiger partial charge in [0.1, 0.15) is 6.04 Å². The molecular formula is C33H35Cl2N3O7. The largest absolute Gasteiger partial charge is 0.461 e. The van der Waals surface area contributed by atoms with Crippen molar-refractivity contribution in [3.05, 3.63) is 98.5 Å². The van der Waals surface area contributed by atoms with Crippen molar-refractivity contribution >= 4 is 59.1 Å². The van der Waals surface area contributed by atoms with Crippen LogP contribution in [0.15, 0.2) is 60.7 Å². The van der Waals surface area contributed by atoms with Crippen LogP contribution in [0.25, 0.3) is 0 Å². The lowest BCUT2D eigenvalue weighted by molar-refractivity contribution is -0.149. The van der Waals surface area contributed by atoms with Crippen LogP contribution in [0, 0.1) is 0 Å². The average molecular weight is 657 g/mol. The Labute approximate surface area is 272 Å². The lowest BCUT2D eigenvalue weighted by Gasteiger charge is -2.20. The molecule has 3 amide bonds. The molecule has 0 unspecified atom stereocenters. The Balaban J connectivity index is 1.80. The quantitative estimate of drug-likeness (QED) is 0.126. The Morgan fingerprint density at radius 1 is 0.933 bits per heavy atom. The van der Waals surface area contributed by atoms with Gasteiger partial charge in [-0.15, -0.1) is 0 Å². The minimum atomic E-state index is -1.04. The molecule has 3 rings (SSSR count). The second kappa shape index (κ2) is 16.6. The van der Waals surface area contributed by atoms with Crippen LogP contribution in [0.2, 0.25) is 10.0 Å². The van der Waals surface area contributed by atoms with Gasteiger partial charge in [0, 0.05) is 32.0 Å². The van der Waals surface area contributed by atoms with Gasteiger partial charge in [0.05, 0.1) is 34.0 Å². The third-order valence-electron chi connectivity index (χ3n) is 6.47. The van der Waals surface area contributed by atoms with Crippen LogP contribution in [0.5, 0.6) is 0 Å². The molecule has 238 valence electrons. The van der Waals surface area contributed by atoms with Gasteiger partial charge >= 0.3 is 12.1 Å². The van der Waals surface area contributed by atoms with E-state index in [1.54, 1.807) is 76.3 Å². The molecule has 0 aliphatic rings. The number of halogens is 2. The normalized spacial score (nSPS) is 11.4. The summed E-state index contributed by atoms with van der Waals surface area (Å²) in [4.78, 5) is 64.0. The van der Waals surface area contributed by atoms with Crippen LogP contribution >= 0.6 is 23.2 Å². The number of carbonyl (C=O) groups excluding carboxylic acids is 5. The molecule has 0 aromatic heterocycles. The smallest absolute Gasteiger partial charge is 0.411 e. The van der Waals surface area contributed by atoms with Crippen molar-refractivity contribution in [1.29, 1.82) is 0 Å². The molecule has 0 radical (unpaired) electrons. The van der Waals surface area contributed by atoms with Gasteiger partial charge in [-0.1, -0.05) is 59.6 Å². The molecule has 12 heteroatoms. The first-order valence-corrected chi connectivity index (χ1v) is 15.0. The van der Waals surface area contributed by atoms with E-state index in [4.69, 9.17) is 32.7 Å². The number of Topliss-reactive ketones (excluding diaryl/α,β-unsaturated/α-hetero) is 1. The van der Waals surface area contributed by atoms with Crippen molar-refractivity contribution in [3.63, 3.8) is 0 Å². The summed E-state index contributed by atoms with van der Waals surface area (Å²) in [6.07, 6.45) is -0.310. The van der Waals surface area contributed by atoms with Crippen LogP contribution in [-0.2, 0) is 38.4 Å². The molecule has 2 N–H and O–H groups in total. The van der Waals surface area contributed by atoms with Crippen LogP contribution < -0.4 is 10.6 Å². The number of ketones is 1. The van der Waals surface area contributed by atoms with Gasteiger partial charge in [0.15, 0.2) is 5.78 Å². The number of rotatable bonds is 14. The van der Waals surface area contributed by atoms with Crippen molar-refractivity contribution in [1.82, 2.24) is 10.2 Å². The molecular weight excluding hydrogens is 621 g/mol. The molecule has 0 aliphatic carbocycles. The van der Waals surface area contributed by atoms with Gasteiger partial charge < -0.3 is 19.7 Å². The zero-order valence-electron chi connectivity index (χ0n) is 25.4. The molecule has 0 fully saturated rings. The average Bonchev–Trinajstić information content (AvgIpc) is 2.98. The van der Waals surface area contributed by atoms with Gasteiger partial charge in [-0.05, 0) is 61.7 Å². The summed E-state index contributed by atoms with van der Waals surface area (Å²) < 4.78 is 10.3. The van der Waals surface area contributed by atoms with Gasteiger partial charge in [0.25, 0.3) is 5.91 Å². The highest BCUT2D eigenvalue weighted by Crippen LogP contribution is 2.25. The second-order valence-electron chi connectivity index (χ2n) is 10.5. The molecule has 45 heavy (non-hydrogen) atoms. The number of nitrogens with one attached hydrogen (secondary N) is 2. The summed E-state index contributed by atoms with van der Waals surface area (Å²) in [6, 6.07) is 15.6. The minimum absolute atomic E-state index is 0.00528. The zero-order valence-corrected chi connectivity index (χ0v) is 26.9. The number of amides is 3.